The number of carboxylic acid groups (broad SMARTS) is 1. The zero-order chi connectivity index (χ0) is 17.6. The number of carbonyl (C=O) groups excluding carboxylic acids is 1. The molecule has 23 heavy (non-hydrogen) atoms. The van der Waals surface area contributed by atoms with Crippen LogP contribution in [0.3, 0.4) is 0 Å². The Balaban J connectivity index is 2.77. The van der Waals surface area contributed by atoms with Gasteiger partial charge in [0.25, 0.3) is 0 Å². The molecular formula is C17H25NO5. The number of benzene rings is 1. The van der Waals surface area contributed by atoms with E-state index in [9.17, 15) is 9.59 Å². The lowest BCUT2D eigenvalue weighted by Gasteiger charge is -2.20. The highest BCUT2D eigenvalue weighted by atomic mass is 16.5. The number of ether oxygens (including phenoxy) is 2. The molecule has 0 aliphatic rings. The molecule has 1 amide bonds. The first kappa shape index (κ1) is 18.8. The van der Waals surface area contributed by atoms with E-state index >= 15 is 0 Å². The highest BCUT2D eigenvalue weighted by molar-refractivity contribution is 5.85. The van der Waals surface area contributed by atoms with Gasteiger partial charge in [-0.1, -0.05) is 26.8 Å². The van der Waals surface area contributed by atoms with E-state index in [4.69, 9.17) is 14.6 Å². The molecular weight excluding hydrogens is 298 g/mol. The van der Waals surface area contributed by atoms with Gasteiger partial charge in [-0.2, -0.15) is 0 Å². The minimum Gasteiger partial charge on any atom is -0.493 e. The van der Waals surface area contributed by atoms with Crippen molar-refractivity contribution < 1.29 is 24.2 Å². The Hall–Kier alpha value is -2.24. The molecule has 6 heteroatoms. The van der Waals surface area contributed by atoms with Crippen molar-refractivity contribution in [2.24, 2.45) is 11.8 Å². The SMILES string of the molecule is COc1ccc(CC(C)C(=O)NC(C(=O)O)C(C)C)cc1OC. The maximum Gasteiger partial charge on any atom is 0.326 e. The number of methoxy groups -OCH3 is 2. The van der Waals surface area contributed by atoms with Gasteiger partial charge in [0.1, 0.15) is 6.04 Å². The first-order chi connectivity index (χ1) is 10.8. The summed E-state index contributed by atoms with van der Waals surface area (Å²) in [6, 6.07) is 4.59. The van der Waals surface area contributed by atoms with Crippen LogP contribution in [-0.2, 0) is 16.0 Å². The Morgan fingerprint density at radius 3 is 2.22 bits per heavy atom. The predicted molar refractivity (Wildman–Crippen MR) is 86.8 cm³/mol. The highest BCUT2D eigenvalue weighted by Gasteiger charge is 2.25. The number of nitrogens with one attached hydrogen (secondary N) is 1. The van der Waals surface area contributed by atoms with Crippen molar-refractivity contribution in [1.82, 2.24) is 5.32 Å². The molecule has 6 nitrogen and oxygen atoms in total. The summed E-state index contributed by atoms with van der Waals surface area (Å²) in [5.41, 5.74) is 0.918. The molecule has 128 valence electrons. The summed E-state index contributed by atoms with van der Waals surface area (Å²) in [7, 11) is 3.11. The van der Waals surface area contributed by atoms with Crippen LogP contribution in [0.4, 0.5) is 0 Å². The summed E-state index contributed by atoms with van der Waals surface area (Å²) in [4.78, 5) is 23.4. The molecule has 2 N–H and O–H groups in total. The summed E-state index contributed by atoms with van der Waals surface area (Å²) < 4.78 is 10.4. The number of amides is 1. The summed E-state index contributed by atoms with van der Waals surface area (Å²) >= 11 is 0. The standard InChI is InChI=1S/C17H25NO5/c1-10(2)15(17(20)21)18-16(19)11(3)8-12-6-7-13(22-4)14(9-12)23-5/h6-7,9-11,15H,8H2,1-5H3,(H,18,19)(H,20,21). The van der Waals surface area contributed by atoms with Crippen molar-refractivity contribution in [3.8, 4) is 11.5 Å². The van der Waals surface area contributed by atoms with Crippen LogP contribution < -0.4 is 14.8 Å². The van der Waals surface area contributed by atoms with Gasteiger partial charge in [-0.3, -0.25) is 4.79 Å². The maximum atomic E-state index is 12.2. The molecule has 0 fully saturated rings. The molecule has 2 unspecified atom stereocenters. The number of hydrogen-bond acceptors (Lipinski definition) is 4. The second kappa shape index (κ2) is 8.41. The summed E-state index contributed by atoms with van der Waals surface area (Å²) in [5.74, 6) is -0.603. The summed E-state index contributed by atoms with van der Waals surface area (Å²) in [5, 5.41) is 11.7. The van der Waals surface area contributed by atoms with E-state index in [2.05, 4.69) is 5.32 Å². The van der Waals surface area contributed by atoms with Crippen LogP contribution in [0.5, 0.6) is 11.5 Å². The molecule has 0 aromatic heterocycles. The molecule has 1 aromatic rings. The highest BCUT2D eigenvalue weighted by Crippen LogP contribution is 2.28. The molecule has 0 radical (unpaired) electrons. The number of hydrogen-bond donors (Lipinski definition) is 2. The van der Waals surface area contributed by atoms with Crippen LogP contribution in [0.2, 0.25) is 0 Å². The fourth-order valence-electron chi connectivity index (χ4n) is 2.26. The Bertz CT molecular complexity index is 556. The van der Waals surface area contributed by atoms with Crippen LogP contribution in [0.25, 0.3) is 0 Å². The lowest BCUT2D eigenvalue weighted by Crippen LogP contribution is -2.46. The van der Waals surface area contributed by atoms with Gasteiger partial charge in [0.05, 0.1) is 14.2 Å². The lowest BCUT2D eigenvalue weighted by molar-refractivity contribution is -0.143. The monoisotopic (exact) mass is 323 g/mol. The van der Waals surface area contributed by atoms with Gasteiger partial charge in [-0.15, -0.1) is 0 Å². The minimum absolute atomic E-state index is 0.176. The van der Waals surface area contributed by atoms with Gasteiger partial charge >= 0.3 is 5.97 Å². The van der Waals surface area contributed by atoms with Crippen molar-refractivity contribution in [2.45, 2.75) is 33.2 Å². The first-order valence-corrected chi connectivity index (χ1v) is 7.54. The van der Waals surface area contributed by atoms with E-state index in [0.29, 0.717) is 17.9 Å². The molecule has 0 heterocycles. The molecule has 1 aromatic carbocycles. The van der Waals surface area contributed by atoms with Gasteiger partial charge in [0.2, 0.25) is 5.91 Å². The second-order valence-electron chi connectivity index (χ2n) is 5.86. The third kappa shape index (κ3) is 5.16. The number of carbonyl (C=O) groups is 2. The van der Waals surface area contributed by atoms with E-state index < -0.39 is 12.0 Å². The molecule has 2 atom stereocenters. The minimum atomic E-state index is -1.02. The molecule has 0 aliphatic heterocycles. The second-order valence-corrected chi connectivity index (χ2v) is 5.86. The van der Waals surface area contributed by atoms with Crippen molar-refractivity contribution >= 4 is 11.9 Å². The van der Waals surface area contributed by atoms with Crippen molar-refractivity contribution in [1.29, 1.82) is 0 Å². The first-order valence-electron chi connectivity index (χ1n) is 7.54. The zero-order valence-corrected chi connectivity index (χ0v) is 14.3. The molecule has 0 spiro atoms. The lowest BCUT2D eigenvalue weighted by atomic mass is 9.98. The van der Waals surface area contributed by atoms with Crippen molar-refractivity contribution in [3.63, 3.8) is 0 Å². The van der Waals surface area contributed by atoms with Crippen LogP contribution >= 0.6 is 0 Å². The normalized spacial score (nSPS) is 13.3. The zero-order valence-electron chi connectivity index (χ0n) is 14.3. The maximum absolute atomic E-state index is 12.2. The number of aliphatic carboxylic acids is 1. The number of rotatable bonds is 8. The van der Waals surface area contributed by atoms with Gasteiger partial charge in [-0.05, 0) is 30.0 Å². The fraction of sp³-hybridized carbons (Fsp3) is 0.529. The van der Waals surface area contributed by atoms with Gasteiger partial charge in [0, 0.05) is 5.92 Å². The summed E-state index contributed by atoms with van der Waals surface area (Å²) in [6.07, 6.45) is 0.483. The largest absolute Gasteiger partial charge is 0.493 e. The summed E-state index contributed by atoms with van der Waals surface area (Å²) in [6.45, 7) is 5.29. The van der Waals surface area contributed by atoms with E-state index in [1.54, 1.807) is 41.1 Å². The van der Waals surface area contributed by atoms with Crippen molar-refractivity contribution in [2.75, 3.05) is 14.2 Å². The molecule has 0 bridgehead atoms. The fourth-order valence-corrected chi connectivity index (χ4v) is 2.26. The Kier molecular flexibility index (Phi) is 6.88. The smallest absolute Gasteiger partial charge is 0.326 e. The average molecular weight is 323 g/mol. The van der Waals surface area contributed by atoms with Crippen LogP contribution in [0, 0.1) is 11.8 Å². The Morgan fingerprint density at radius 2 is 1.74 bits per heavy atom. The number of carboxylic acids is 1. The van der Waals surface area contributed by atoms with Crippen LogP contribution in [0.15, 0.2) is 18.2 Å². The van der Waals surface area contributed by atoms with E-state index in [1.165, 1.54) is 0 Å². The van der Waals surface area contributed by atoms with E-state index in [0.717, 1.165) is 5.56 Å². The molecule has 1 rings (SSSR count). The van der Waals surface area contributed by atoms with E-state index in [1.807, 2.05) is 12.1 Å². The van der Waals surface area contributed by atoms with Crippen molar-refractivity contribution in [3.05, 3.63) is 23.8 Å². The Morgan fingerprint density at radius 1 is 1.13 bits per heavy atom. The predicted octanol–water partition coefficient (Wildman–Crippen LogP) is 2.11. The van der Waals surface area contributed by atoms with Gasteiger partial charge < -0.3 is 19.9 Å². The molecule has 0 aliphatic carbocycles. The average Bonchev–Trinajstić information content (AvgIpc) is 2.51. The van der Waals surface area contributed by atoms with Gasteiger partial charge in [-0.25, -0.2) is 4.79 Å². The third-order valence-corrected chi connectivity index (χ3v) is 3.67. The third-order valence-electron chi connectivity index (χ3n) is 3.67. The molecule has 0 saturated heterocycles. The molecule has 0 saturated carbocycles. The van der Waals surface area contributed by atoms with Crippen LogP contribution in [-0.4, -0.2) is 37.2 Å². The Labute approximate surface area is 136 Å². The quantitative estimate of drug-likeness (QED) is 0.765. The topological polar surface area (TPSA) is 84.9 Å². The van der Waals surface area contributed by atoms with Gasteiger partial charge in [0.15, 0.2) is 11.5 Å². The van der Waals surface area contributed by atoms with Crippen LogP contribution in [0.1, 0.15) is 26.3 Å². The van der Waals surface area contributed by atoms with E-state index in [-0.39, 0.29) is 17.7 Å².